The molecule has 1 fully saturated rings. The smallest absolute Gasteiger partial charge is 0.0113 e. The van der Waals surface area contributed by atoms with Gasteiger partial charge in [0.25, 0.3) is 0 Å². The number of unbranched alkanes of at least 4 members (excludes halogenated alkanes) is 1. The molecule has 25 heavy (non-hydrogen) atoms. The fourth-order valence-corrected chi connectivity index (χ4v) is 4.39. The van der Waals surface area contributed by atoms with Gasteiger partial charge in [-0.05, 0) is 59.2 Å². The third kappa shape index (κ3) is 6.14. The first-order chi connectivity index (χ1) is 11.5. The molecule has 1 rings (SSSR count). The van der Waals surface area contributed by atoms with Crippen molar-refractivity contribution in [2.24, 2.45) is 46.3 Å². The van der Waals surface area contributed by atoms with Gasteiger partial charge in [-0.3, -0.25) is 0 Å². The Balaban J connectivity index is 2.99. The Morgan fingerprint density at radius 1 is 1.04 bits per heavy atom. The van der Waals surface area contributed by atoms with Crippen LogP contribution in [0, 0.1) is 46.3 Å². The zero-order valence-electron chi connectivity index (χ0n) is 19.2. The van der Waals surface area contributed by atoms with E-state index in [-0.39, 0.29) is 0 Å². The standard InChI is InChI=1S/C25H48/c1-11-12-13-21(6)24(8,9)22(7)25(10,17-23-16-20(23)5)15-14-19(4)18(2)3/h14-15,18-23H,11-13,16-17H2,1-10H3. The Hall–Kier alpha value is -0.260. The lowest BCUT2D eigenvalue weighted by Crippen LogP contribution is -2.39. The minimum Gasteiger partial charge on any atom is -0.0849 e. The zero-order valence-corrected chi connectivity index (χ0v) is 19.2. The first kappa shape index (κ1) is 22.8. The van der Waals surface area contributed by atoms with Crippen LogP contribution in [0.15, 0.2) is 12.2 Å². The minimum atomic E-state index is 0.322. The van der Waals surface area contributed by atoms with Crippen LogP contribution in [0.1, 0.15) is 101 Å². The van der Waals surface area contributed by atoms with E-state index in [1.54, 1.807) is 0 Å². The Morgan fingerprint density at radius 2 is 1.60 bits per heavy atom. The average molecular weight is 349 g/mol. The summed E-state index contributed by atoms with van der Waals surface area (Å²) in [7, 11) is 0. The van der Waals surface area contributed by atoms with Gasteiger partial charge >= 0.3 is 0 Å². The summed E-state index contributed by atoms with van der Waals surface area (Å²) in [6.45, 7) is 24.5. The maximum absolute atomic E-state index is 2.63. The molecule has 0 spiro atoms. The highest BCUT2D eigenvalue weighted by molar-refractivity contribution is 5.07. The van der Waals surface area contributed by atoms with Gasteiger partial charge in [-0.25, -0.2) is 0 Å². The van der Waals surface area contributed by atoms with Gasteiger partial charge in [0, 0.05) is 0 Å². The van der Waals surface area contributed by atoms with Crippen molar-refractivity contribution in [1.29, 1.82) is 0 Å². The molecule has 0 aromatic heterocycles. The predicted octanol–water partition coefficient (Wildman–Crippen LogP) is 8.38. The van der Waals surface area contributed by atoms with Crippen LogP contribution in [0.4, 0.5) is 0 Å². The van der Waals surface area contributed by atoms with E-state index in [9.17, 15) is 0 Å². The molecular weight excluding hydrogens is 300 g/mol. The lowest BCUT2D eigenvalue weighted by Gasteiger charge is -2.47. The highest BCUT2D eigenvalue weighted by Crippen LogP contribution is 2.54. The minimum absolute atomic E-state index is 0.322. The van der Waals surface area contributed by atoms with Crippen molar-refractivity contribution >= 4 is 0 Å². The van der Waals surface area contributed by atoms with Gasteiger partial charge in [0.1, 0.15) is 0 Å². The van der Waals surface area contributed by atoms with E-state index in [0.29, 0.717) is 22.7 Å². The van der Waals surface area contributed by atoms with Crippen molar-refractivity contribution in [2.45, 2.75) is 101 Å². The Kier molecular flexibility index (Phi) is 8.29. The molecular formula is C25H48. The van der Waals surface area contributed by atoms with Crippen LogP contribution < -0.4 is 0 Å². The van der Waals surface area contributed by atoms with E-state index in [0.717, 1.165) is 23.7 Å². The summed E-state index contributed by atoms with van der Waals surface area (Å²) in [6, 6.07) is 0. The van der Waals surface area contributed by atoms with Crippen molar-refractivity contribution < 1.29 is 0 Å². The molecule has 148 valence electrons. The Bertz CT molecular complexity index is 416. The highest BCUT2D eigenvalue weighted by atomic mass is 14.5. The summed E-state index contributed by atoms with van der Waals surface area (Å²) in [6.07, 6.45) is 12.0. The van der Waals surface area contributed by atoms with Gasteiger partial charge in [0.05, 0.1) is 0 Å². The van der Waals surface area contributed by atoms with Crippen LogP contribution in [-0.4, -0.2) is 0 Å². The third-order valence-electron chi connectivity index (χ3n) is 8.18. The highest BCUT2D eigenvalue weighted by Gasteiger charge is 2.46. The number of rotatable bonds is 11. The van der Waals surface area contributed by atoms with Crippen molar-refractivity contribution in [3.63, 3.8) is 0 Å². The number of hydrogen-bond donors (Lipinski definition) is 0. The van der Waals surface area contributed by atoms with Crippen molar-refractivity contribution in [2.75, 3.05) is 0 Å². The van der Waals surface area contributed by atoms with Gasteiger partial charge in [-0.2, -0.15) is 0 Å². The van der Waals surface area contributed by atoms with E-state index in [2.05, 4.69) is 81.4 Å². The predicted molar refractivity (Wildman–Crippen MR) is 115 cm³/mol. The summed E-state index contributed by atoms with van der Waals surface area (Å²) < 4.78 is 0. The molecule has 1 saturated carbocycles. The second-order valence-electron chi connectivity index (χ2n) is 10.7. The molecule has 0 amide bonds. The van der Waals surface area contributed by atoms with E-state index < -0.39 is 0 Å². The third-order valence-corrected chi connectivity index (χ3v) is 8.18. The fourth-order valence-electron chi connectivity index (χ4n) is 4.39. The first-order valence-corrected chi connectivity index (χ1v) is 11.1. The molecule has 1 aliphatic rings. The van der Waals surface area contributed by atoms with E-state index >= 15 is 0 Å². The molecule has 6 atom stereocenters. The Labute approximate surface area is 160 Å². The average Bonchev–Trinajstić information content (AvgIpc) is 3.23. The summed E-state index contributed by atoms with van der Waals surface area (Å²) in [4.78, 5) is 0. The SMILES string of the molecule is CCCCC(C)C(C)(C)C(C)C(C)(C=CC(C)C(C)C)CC1CC1C. The lowest BCUT2D eigenvalue weighted by molar-refractivity contribution is 0.0445. The second-order valence-corrected chi connectivity index (χ2v) is 10.7. The van der Waals surface area contributed by atoms with Gasteiger partial charge in [0.2, 0.25) is 0 Å². The topological polar surface area (TPSA) is 0 Å². The molecule has 0 bridgehead atoms. The van der Waals surface area contributed by atoms with Gasteiger partial charge in [-0.1, -0.05) is 101 Å². The number of hydrogen-bond acceptors (Lipinski definition) is 0. The van der Waals surface area contributed by atoms with E-state index in [4.69, 9.17) is 0 Å². The van der Waals surface area contributed by atoms with Crippen LogP contribution in [0.2, 0.25) is 0 Å². The van der Waals surface area contributed by atoms with E-state index in [1.165, 1.54) is 32.1 Å². The van der Waals surface area contributed by atoms with Crippen LogP contribution >= 0.6 is 0 Å². The summed E-state index contributed by atoms with van der Waals surface area (Å²) in [5.41, 5.74) is 0.704. The first-order valence-electron chi connectivity index (χ1n) is 11.1. The molecule has 6 unspecified atom stereocenters. The van der Waals surface area contributed by atoms with Gasteiger partial charge < -0.3 is 0 Å². The molecule has 0 heterocycles. The summed E-state index contributed by atoms with van der Waals surface area (Å²) in [5, 5.41) is 0. The maximum atomic E-state index is 2.63. The second kappa shape index (κ2) is 9.09. The van der Waals surface area contributed by atoms with Crippen molar-refractivity contribution in [3.05, 3.63) is 12.2 Å². The molecule has 0 aromatic carbocycles. The zero-order chi connectivity index (χ0) is 19.4. The lowest BCUT2D eigenvalue weighted by atomic mass is 9.58. The van der Waals surface area contributed by atoms with Crippen molar-refractivity contribution in [1.82, 2.24) is 0 Å². The molecule has 0 nitrogen and oxygen atoms in total. The molecule has 0 aromatic rings. The van der Waals surface area contributed by atoms with Crippen LogP contribution in [-0.2, 0) is 0 Å². The molecule has 0 N–H and O–H groups in total. The normalized spacial score (nSPS) is 27.3. The van der Waals surface area contributed by atoms with Crippen LogP contribution in [0.25, 0.3) is 0 Å². The molecule has 0 saturated heterocycles. The fraction of sp³-hybridized carbons (Fsp3) is 0.920. The monoisotopic (exact) mass is 348 g/mol. The van der Waals surface area contributed by atoms with Gasteiger partial charge in [-0.15, -0.1) is 0 Å². The quantitative estimate of drug-likeness (QED) is 0.329. The van der Waals surface area contributed by atoms with Gasteiger partial charge in [0.15, 0.2) is 0 Å². The molecule has 0 radical (unpaired) electrons. The molecule has 1 aliphatic carbocycles. The largest absolute Gasteiger partial charge is 0.0849 e. The molecule has 0 aliphatic heterocycles. The molecule has 0 heteroatoms. The summed E-state index contributed by atoms with van der Waals surface area (Å²) in [5.74, 6) is 4.79. The Morgan fingerprint density at radius 3 is 2.04 bits per heavy atom. The maximum Gasteiger partial charge on any atom is -0.0113 e. The van der Waals surface area contributed by atoms with Crippen LogP contribution in [0.3, 0.4) is 0 Å². The number of allylic oxidation sites excluding steroid dienone is 2. The van der Waals surface area contributed by atoms with Crippen molar-refractivity contribution in [3.8, 4) is 0 Å². The summed E-state index contributed by atoms with van der Waals surface area (Å²) >= 11 is 0. The van der Waals surface area contributed by atoms with Crippen LogP contribution in [0.5, 0.6) is 0 Å². The van der Waals surface area contributed by atoms with E-state index in [1.807, 2.05) is 0 Å².